The van der Waals surface area contributed by atoms with E-state index in [1.54, 1.807) is 13.8 Å². The van der Waals surface area contributed by atoms with Crippen LogP contribution in [0.1, 0.15) is 30.9 Å². The minimum Gasteiger partial charge on any atom is -0.469 e. The van der Waals surface area contributed by atoms with Gasteiger partial charge in [-0.05, 0) is 36.1 Å². The molecule has 5 nitrogen and oxygen atoms in total. The molecule has 0 unspecified atom stereocenters. The van der Waals surface area contributed by atoms with Crippen LogP contribution in [0.25, 0.3) is 11.1 Å². The first-order valence-corrected chi connectivity index (χ1v) is 8.61. The van der Waals surface area contributed by atoms with E-state index in [-0.39, 0.29) is 25.0 Å². The molecule has 5 heteroatoms. The molecule has 0 atom stereocenters. The van der Waals surface area contributed by atoms with Crippen LogP contribution in [-0.4, -0.2) is 32.3 Å². The van der Waals surface area contributed by atoms with Crippen molar-refractivity contribution in [2.24, 2.45) is 5.41 Å². The second-order valence-corrected chi connectivity index (χ2v) is 7.05. The molecule has 0 spiro atoms. The molecule has 0 aliphatic heterocycles. The first kappa shape index (κ1) is 18.0. The zero-order valence-electron chi connectivity index (χ0n) is 15.2. The fourth-order valence-corrected chi connectivity index (χ4v) is 3.29. The van der Waals surface area contributed by atoms with Gasteiger partial charge in [-0.3, -0.25) is 4.79 Å². The molecule has 136 valence electrons. The Hall–Kier alpha value is -2.82. The molecule has 1 aliphatic carbocycles. The molecule has 0 fully saturated rings. The van der Waals surface area contributed by atoms with Crippen molar-refractivity contribution in [1.29, 1.82) is 0 Å². The fourth-order valence-electron chi connectivity index (χ4n) is 3.29. The second kappa shape index (κ2) is 7.20. The molecule has 0 bridgehead atoms. The van der Waals surface area contributed by atoms with Crippen molar-refractivity contribution in [3.05, 3.63) is 59.7 Å². The summed E-state index contributed by atoms with van der Waals surface area (Å²) in [4.78, 5) is 23.8. The summed E-state index contributed by atoms with van der Waals surface area (Å²) in [6.45, 7) is 3.82. The third kappa shape index (κ3) is 3.43. The van der Waals surface area contributed by atoms with Crippen LogP contribution in [0.2, 0.25) is 0 Å². The zero-order chi connectivity index (χ0) is 18.7. The summed E-state index contributed by atoms with van der Waals surface area (Å²) < 4.78 is 10.2. The maximum absolute atomic E-state index is 12.1. The Labute approximate surface area is 153 Å². The smallest absolute Gasteiger partial charge is 0.407 e. The normalized spacial score (nSPS) is 12.9. The lowest BCUT2D eigenvalue weighted by Crippen LogP contribution is -2.40. The predicted molar refractivity (Wildman–Crippen MR) is 98.9 cm³/mol. The molecule has 0 heterocycles. The summed E-state index contributed by atoms with van der Waals surface area (Å²) in [6.07, 6.45) is -0.538. The first-order chi connectivity index (χ1) is 12.4. The van der Waals surface area contributed by atoms with Gasteiger partial charge in [-0.1, -0.05) is 48.5 Å². The van der Waals surface area contributed by atoms with Crippen LogP contribution < -0.4 is 5.32 Å². The number of carbonyl (C=O) groups is 2. The lowest BCUT2D eigenvalue weighted by atomic mass is 9.94. The summed E-state index contributed by atoms with van der Waals surface area (Å²) in [5.74, 6) is -0.363. The van der Waals surface area contributed by atoms with Gasteiger partial charge >= 0.3 is 12.1 Å². The summed E-state index contributed by atoms with van der Waals surface area (Å²) in [5.41, 5.74) is 3.89. The quantitative estimate of drug-likeness (QED) is 0.832. The lowest BCUT2D eigenvalue weighted by molar-refractivity contribution is -0.150. The number of alkyl carbamates (subject to hydrolysis) is 1. The van der Waals surface area contributed by atoms with E-state index in [0.29, 0.717) is 0 Å². The molecule has 26 heavy (non-hydrogen) atoms. The SMILES string of the molecule is COC(=O)C(C)(C)CNC(=O)OCC1c2ccccc2-c2ccccc21. The summed E-state index contributed by atoms with van der Waals surface area (Å²) in [5, 5.41) is 2.65. The minimum absolute atomic E-state index is 0.0155. The molecular formula is C21H23NO4. The fraction of sp³-hybridized carbons (Fsp3) is 0.333. The zero-order valence-corrected chi connectivity index (χ0v) is 15.2. The lowest BCUT2D eigenvalue weighted by Gasteiger charge is -2.22. The van der Waals surface area contributed by atoms with Gasteiger partial charge in [0.2, 0.25) is 0 Å². The molecule has 0 saturated heterocycles. The van der Waals surface area contributed by atoms with E-state index in [1.807, 2.05) is 24.3 Å². The van der Waals surface area contributed by atoms with Crippen LogP contribution in [0.15, 0.2) is 48.5 Å². The number of nitrogens with one attached hydrogen (secondary N) is 1. The van der Waals surface area contributed by atoms with Gasteiger partial charge in [-0.25, -0.2) is 4.79 Å². The maximum atomic E-state index is 12.1. The number of rotatable bonds is 5. The van der Waals surface area contributed by atoms with Crippen molar-refractivity contribution < 1.29 is 19.1 Å². The molecule has 1 amide bonds. The van der Waals surface area contributed by atoms with E-state index in [0.717, 1.165) is 11.1 Å². The minimum atomic E-state index is -0.805. The number of methoxy groups -OCH3 is 1. The van der Waals surface area contributed by atoms with Crippen molar-refractivity contribution in [3.63, 3.8) is 0 Å². The highest BCUT2D eigenvalue weighted by Crippen LogP contribution is 2.44. The second-order valence-electron chi connectivity index (χ2n) is 7.05. The van der Waals surface area contributed by atoms with Crippen LogP contribution in [0.3, 0.4) is 0 Å². The van der Waals surface area contributed by atoms with Crippen molar-refractivity contribution in [2.75, 3.05) is 20.3 Å². The first-order valence-electron chi connectivity index (χ1n) is 8.61. The third-order valence-corrected chi connectivity index (χ3v) is 4.76. The van der Waals surface area contributed by atoms with E-state index in [9.17, 15) is 9.59 Å². The molecule has 1 N–H and O–H groups in total. The van der Waals surface area contributed by atoms with E-state index in [1.165, 1.54) is 18.2 Å². The Bertz CT molecular complexity index is 783. The number of esters is 1. The number of hydrogen-bond donors (Lipinski definition) is 1. The predicted octanol–water partition coefficient (Wildman–Crippen LogP) is 3.72. The molecule has 1 aliphatic rings. The van der Waals surface area contributed by atoms with Gasteiger partial charge in [-0.2, -0.15) is 0 Å². The molecule has 2 aromatic carbocycles. The number of ether oxygens (including phenoxy) is 2. The summed E-state index contributed by atoms with van der Waals surface area (Å²) in [6, 6.07) is 16.3. The Kier molecular flexibility index (Phi) is 4.98. The summed E-state index contributed by atoms with van der Waals surface area (Å²) in [7, 11) is 1.33. The Morgan fingerprint density at radius 2 is 1.54 bits per heavy atom. The maximum Gasteiger partial charge on any atom is 0.407 e. The van der Waals surface area contributed by atoms with Gasteiger partial charge in [-0.15, -0.1) is 0 Å². The Morgan fingerprint density at radius 1 is 1.00 bits per heavy atom. The van der Waals surface area contributed by atoms with Crippen molar-refractivity contribution in [2.45, 2.75) is 19.8 Å². The van der Waals surface area contributed by atoms with Crippen LogP contribution in [0.4, 0.5) is 4.79 Å². The average Bonchev–Trinajstić information content (AvgIpc) is 2.98. The highest BCUT2D eigenvalue weighted by atomic mass is 16.5. The van der Waals surface area contributed by atoms with Crippen LogP contribution in [-0.2, 0) is 14.3 Å². The number of fused-ring (bicyclic) bond motifs is 3. The number of amides is 1. The molecule has 0 saturated carbocycles. The average molecular weight is 353 g/mol. The van der Waals surface area contributed by atoms with E-state index < -0.39 is 11.5 Å². The van der Waals surface area contributed by atoms with Gasteiger partial charge in [0, 0.05) is 12.5 Å². The highest BCUT2D eigenvalue weighted by Gasteiger charge is 2.31. The number of carbonyl (C=O) groups excluding carboxylic acids is 2. The standard InChI is InChI=1S/C21H23NO4/c1-21(2,19(23)25-3)13-22-20(24)26-12-18-16-10-6-4-8-14(16)15-9-5-7-11-17(15)18/h4-11,18H,12-13H2,1-3H3,(H,22,24). The van der Waals surface area contributed by atoms with E-state index in [4.69, 9.17) is 9.47 Å². The summed E-state index contributed by atoms with van der Waals surface area (Å²) >= 11 is 0. The van der Waals surface area contributed by atoms with Gasteiger partial charge in [0.05, 0.1) is 12.5 Å². The number of hydrogen-bond acceptors (Lipinski definition) is 4. The van der Waals surface area contributed by atoms with Crippen LogP contribution in [0.5, 0.6) is 0 Å². The van der Waals surface area contributed by atoms with Crippen molar-refractivity contribution in [3.8, 4) is 11.1 Å². The van der Waals surface area contributed by atoms with E-state index >= 15 is 0 Å². The monoisotopic (exact) mass is 353 g/mol. The topological polar surface area (TPSA) is 64.6 Å². The third-order valence-electron chi connectivity index (χ3n) is 4.76. The largest absolute Gasteiger partial charge is 0.469 e. The van der Waals surface area contributed by atoms with Gasteiger partial charge in [0.1, 0.15) is 6.61 Å². The molecule has 2 aromatic rings. The van der Waals surface area contributed by atoms with E-state index in [2.05, 4.69) is 29.6 Å². The van der Waals surface area contributed by atoms with Crippen LogP contribution in [0, 0.1) is 5.41 Å². The molecule has 0 aromatic heterocycles. The number of benzene rings is 2. The Morgan fingerprint density at radius 3 is 2.08 bits per heavy atom. The van der Waals surface area contributed by atoms with Crippen LogP contribution >= 0.6 is 0 Å². The molecule has 3 rings (SSSR count). The van der Waals surface area contributed by atoms with Gasteiger partial charge in [0.25, 0.3) is 0 Å². The highest BCUT2D eigenvalue weighted by molar-refractivity contribution is 5.79. The van der Waals surface area contributed by atoms with Gasteiger partial charge in [0.15, 0.2) is 0 Å². The molecule has 0 radical (unpaired) electrons. The van der Waals surface area contributed by atoms with Crippen molar-refractivity contribution >= 4 is 12.1 Å². The van der Waals surface area contributed by atoms with Gasteiger partial charge < -0.3 is 14.8 Å². The molecular weight excluding hydrogens is 330 g/mol. The Balaban J connectivity index is 1.65. The van der Waals surface area contributed by atoms with Crippen molar-refractivity contribution in [1.82, 2.24) is 5.32 Å².